The molecule has 0 aliphatic carbocycles. The van der Waals surface area contributed by atoms with Crippen LogP contribution in [-0.4, -0.2) is 0 Å². The Kier molecular flexibility index (Phi) is 2.31. The van der Waals surface area contributed by atoms with Crippen molar-refractivity contribution in [3.63, 3.8) is 0 Å². The zero-order valence-electron chi connectivity index (χ0n) is 8.51. The standard InChI is InChI=1S/C13H10ClNO/c14-11-8-6-10(7-9-11)13-15(16-13)12-4-2-1-3-5-12/h1-9,13H/t13-,15?/m0/s1. The third-order valence-corrected chi connectivity index (χ3v) is 2.80. The van der Waals surface area contributed by atoms with E-state index >= 15 is 0 Å². The predicted molar refractivity (Wildman–Crippen MR) is 64.2 cm³/mol. The summed E-state index contributed by atoms with van der Waals surface area (Å²) in [6.45, 7) is 0. The molecule has 1 heterocycles. The number of hydrogen-bond donors (Lipinski definition) is 0. The molecule has 16 heavy (non-hydrogen) atoms. The smallest absolute Gasteiger partial charge is 0.206 e. The fourth-order valence-electron chi connectivity index (χ4n) is 1.68. The first-order valence-corrected chi connectivity index (χ1v) is 5.49. The predicted octanol–water partition coefficient (Wildman–Crippen LogP) is 3.79. The third kappa shape index (κ3) is 1.77. The molecule has 1 atom stereocenters. The van der Waals surface area contributed by atoms with Crippen LogP contribution in [0.15, 0.2) is 54.6 Å². The van der Waals surface area contributed by atoms with E-state index in [1.807, 2.05) is 59.7 Å². The number of halogens is 1. The third-order valence-electron chi connectivity index (χ3n) is 2.55. The summed E-state index contributed by atoms with van der Waals surface area (Å²) in [5.74, 6) is 0. The molecule has 2 nitrogen and oxygen atoms in total. The van der Waals surface area contributed by atoms with Gasteiger partial charge in [0.15, 0.2) is 0 Å². The van der Waals surface area contributed by atoms with Gasteiger partial charge in [-0.3, -0.25) is 0 Å². The van der Waals surface area contributed by atoms with Crippen molar-refractivity contribution in [3.8, 4) is 0 Å². The van der Waals surface area contributed by atoms with Gasteiger partial charge in [0.1, 0.15) is 0 Å². The molecule has 2 aromatic carbocycles. The SMILES string of the molecule is Clc1ccc([C@@H]2ON2c2ccccc2)cc1. The van der Waals surface area contributed by atoms with Crippen LogP contribution in [0.1, 0.15) is 11.8 Å². The van der Waals surface area contributed by atoms with E-state index in [9.17, 15) is 0 Å². The minimum atomic E-state index is 0.0275. The highest BCUT2D eigenvalue weighted by molar-refractivity contribution is 6.30. The summed E-state index contributed by atoms with van der Waals surface area (Å²) in [6, 6.07) is 17.7. The van der Waals surface area contributed by atoms with E-state index in [1.165, 1.54) is 0 Å². The lowest BCUT2D eigenvalue weighted by Gasteiger charge is -1.99. The second-order valence-electron chi connectivity index (χ2n) is 3.67. The molecule has 1 fully saturated rings. The Bertz CT molecular complexity index is 483. The molecule has 3 heteroatoms. The lowest BCUT2D eigenvalue weighted by molar-refractivity contribution is 0.402. The van der Waals surface area contributed by atoms with Gasteiger partial charge in [-0.15, -0.1) is 0 Å². The van der Waals surface area contributed by atoms with E-state index in [4.69, 9.17) is 16.4 Å². The summed E-state index contributed by atoms with van der Waals surface area (Å²) in [5, 5.41) is 2.62. The van der Waals surface area contributed by atoms with Crippen molar-refractivity contribution in [2.45, 2.75) is 6.23 Å². The van der Waals surface area contributed by atoms with Crippen LogP contribution in [0, 0.1) is 0 Å². The van der Waals surface area contributed by atoms with Crippen molar-refractivity contribution >= 4 is 17.3 Å². The molecular weight excluding hydrogens is 222 g/mol. The van der Waals surface area contributed by atoms with Crippen molar-refractivity contribution in [1.29, 1.82) is 0 Å². The van der Waals surface area contributed by atoms with Crippen LogP contribution in [0.4, 0.5) is 5.69 Å². The van der Waals surface area contributed by atoms with Crippen LogP contribution in [0.25, 0.3) is 0 Å². The first-order valence-electron chi connectivity index (χ1n) is 5.11. The molecule has 0 saturated carbocycles. The van der Waals surface area contributed by atoms with Crippen molar-refractivity contribution in [1.82, 2.24) is 0 Å². The number of hydrogen-bond acceptors (Lipinski definition) is 2. The largest absolute Gasteiger partial charge is 0.238 e. The molecule has 0 bridgehead atoms. The van der Waals surface area contributed by atoms with Gasteiger partial charge in [0.25, 0.3) is 0 Å². The first-order chi connectivity index (χ1) is 7.84. The van der Waals surface area contributed by atoms with Crippen molar-refractivity contribution in [2.24, 2.45) is 0 Å². The molecule has 0 amide bonds. The molecule has 1 aliphatic rings. The maximum atomic E-state index is 5.84. The van der Waals surface area contributed by atoms with Crippen LogP contribution in [0.5, 0.6) is 0 Å². The Balaban J connectivity index is 1.79. The van der Waals surface area contributed by atoms with Gasteiger partial charge in [-0.05, 0) is 24.3 Å². The summed E-state index contributed by atoms with van der Waals surface area (Å²) in [5.41, 5.74) is 2.19. The fourth-order valence-corrected chi connectivity index (χ4v) is 1.80. The van der Waals surface area contributed by atoms with Crippen molar-refractivity contribution in [2.75, 3.05) is 5.06 Å². The molecule has 1 saturated heterocycles. The van der Waals surface area contributed by atoms with Crippen molar-refractivity contribution in [3.05, 3.63) is 65.2 Å². The Labute approximate surface area is 99.0 Å². The Morgan fingerprint density at radius 1 is 0.938 bits per heavy atom. The lowest BCUT2D eigenvalue weighted by Crippen LogP contribution is -1.93. The van der Waals surface area contributed by atoms with Gasteiger partial charge in [0.05, 0.1) is 5.69 Å². The van der Waals surface area contributed by atoms with Gasteiger partial charge < -0.3 is 0 Å². The number of nitrogens with zero attached hydrogens (tertiary/aromatic N) is 1. The summed E-state index contributed by atoms with van der Waals surface area (Å²) < 4.78 is 0. The minimum Gasteiger partial charge on any atom is -0.238 e. The minimum absolute atomic E-state index is 0.0275. The fraction of sp³-hybridized carbons (Fsp3) is 0.0769. The average Bonchev–Trinajstić information content (AvgIpc) is 3.11. The summed E-state index contributed by atoms with van der Waals surface area (Å²) in [6.07, 6.45) is 0.0275. The van der Waals surface area contributed by atoms with Gasteiger partial charge in [-0.2, -0.15) is 0 Å². The zero-order chi connectivity index (χ0) is 11.0. The summed E-state index contributed by atoms with van der Waals surface area (Å²) >= 11 is 5.84. The second kappa shape index (κ2) is 3.81. The van der Waals surface area contributed by atoms with Gasteiger partial charge in [-0.25, -0.2) is 9.90 Å². The number of hydroxylamine groups is 1. The summed E-state index contributed by atoms with van der Waals surface area (Å²) in [7, 11) is 0. The second-order valence-corrected chi connectivity index (χ2v) is 4.11. The Morgan fingerprint density at radius 3 is 2.31 bits per heavy atom. The summed E-state index contributed by atoms with van der Waals surface area (Å²) in [4.78, 5) is 5.52. The zero-order valence-corrected chi connectivity index (χ0v) is 9.26. The van der Waals surface area contributed by atoms with Gasteiger partial charge >= 0.3 is 0 Å². The van der Waals surface area contributed by atoms with Crippen LogP contribution in [-0.2, 0) is 4.84 Å². The maximum absolute atomic E-state index is 5.84. The van der Waals surface area contributed by atoms with E-state index in [1.54, 1.807) is 0 Å². The highest BCUT2D eigenvalue weighted by atomic mass is 35.5. The molecule has 0 unspecified atom stereocenters. The lowest BCUT2D eigenvalue weighted by atomic mass is 10.2. The van der Waals surface area contributed by atoms with Gasteiger partial charge in [-0.1, -0.05) is 41.9 Å². The number of rotatable bonds is 2. The van der Waals surface area contributed by atoms with E-state index in [-0.39, 0.29) is 6.23 Å². The Morgan fingerprint density at radius 2 is 1.62 bits per heavy atom. The Hall–Kier alpha value is -1.51. The van der Waals surface area contributed by atoms with E-state index in [2.05, 4.69) is 0 Å². The molecule has 80 valence electrons. The first kappa shape index (κ1) is 9.70. The molecular formula is C13H10ClNO. The number of benzene rings is 2. The quantitative estimate of drug-likeness (QED) is 0.731. The number of anilines is 1. The van der Waals surface area contributed by atoms with Crippen LogP contribution in [0.3, 0.4) is 0 Å². The highest BCUT2D eigenvalue weighted by Crippen LogP contribution is 2.41. The van der Waals surface area contributed by atoms with E-state index in [0.29, 0.717) is 0 Å². The van der Waals surface area contributed by atoms with E-state index < -0.39 is 0 Å². The normalized spacial score (nSPS) is 18.6. The maximum Gasteiger partial charge on any atom is 0.206 e. The van der Waals surface area contributed by atoms with E-state index in [0.717, 1.165) is 16.3 Å². The average molecular weight is 232 g/mol. The van der Waals surface area contributed by atoms with Crippen LogP contribution >= 0.6 is 11.6 Å². The molecule has 0 N–H and O–H groups in total. The molecule has 2 aromatic rings. The molecule has 0 spiro atoms. The highest BCUT2D eigenvalue weighted by Gasteiger charge is 2.38. The topological polar surface area (TPSA) is 15.5 Å². The molecule has 0 radical (unpaired) electrons. The van der Waals surface area contributed by atoms with Crippen LogP contribution in [0.2, 0.25) is 5.02 Å². The van der Waals surface area contributed by atoms with Gasteiger partial charge in [0.2, 0.25) is 6.23 Å². The molecule has 0 aromatic heterocycles. The van der Waals surface area contributed by atoms with Crippen molar-refractivity contribution < 1.29 is 4.84 Å². The molecule has 3 rings (SSSR count). The van der Waals surface area contributed by atoms with Gasteiger partial charge in [0, 0.05) is 10.6 Å². The molecule has 1 aliphatic heterocycles. The number of para-hydroxylation sites is 1. The van der Waals surface area contributed by atoms with Crippen LogP contribution < -0.4 is 5.06 Å². The monoisotopic (exact) mass is 231 g/mol.